The maximum absolute atomic E-state index is 13.0. The lowest BCUT2D eigenvalue weighted by molar-refractivity contribution is -0.0913. The molecular formula is C16H23FO. The minimum Gasteiger partial charge on any atom is -0.385 e. The van der Waals surface area contributed by atoms with E-state index in [1.54, 1.807) is 12.1 Å². The molecule has 0 aromatic heterocycles. The molecule has 0 heterocycles. The topological polar surface area (TPSA) is 20.2 Å². The van der Waals surface area contributed by atoms with Gasteiger partial charge in [-0.25, -0.2) is 4.39 Å². The molecule has 0 atom stereocenters. The summed E-state index contributed by atoms with van der Waals surface area (Å²) in [6, 6.07) is 6.30. The van der Waals surface area contributed by atoms with Crippen molar-refractivity contribution in [2.45, 2.75) is 52.6 Å². The second kappa shape index (κ2) is 4.06. The van der Waals surface area contributed by atoms with Crippen LogP contribution in [-0.4, -0.2) is 5.11 Å². The Bertz CT molecular complexity index is 415. The first-order valence-corrected chi connectivity index (χ1v) is 6.61. The monoisotopic (exact) mass is 250 g/mol. The zero-order chi connectivity index (χ0) is 13.6. The first-order chi connectivity index (χ1) is 8.12. The van der Waals surface area contributed by atoms with Gasteiger partial charge in [-0.1, -0.05) is 39.8 Å². The number of hydrogen-bond donors (Lipinski definition) is 1. The van der Waals surface area contributed by atoms with Gasteiger partial charge in [0.25, 0.3) is 0 Å². The van der Waals surface area contributed by atoms with Crippen LogP contribution >= 0.6 is 0 Å². The maximum atomic E-state index is 13.0. The number of rotatable bonds is 1. The molecule has 2 rings (SSSR count). The molecule has 0 spiro atoms. The van der Waals surface area contributed by atoms with Crippen molar-refractivity contribution in [3.8, 4) is 0 Å². The van der Waals surface area contributed by atoms with Crippen LogP contribution in [0.5, 0.6) is 0 Å². The van der Waals surface area contributed by atoms with E-state index in [0.717, 1.165) is 24.8 Å². The van der Waals surface area contributed by atoms with Crippen LogP contribution in [0.4, 0.5) is 4.39 Å². The maximum Gasteiger partial charge on any atom is 0.123 e. The highest BCUT2D eigenvalue weighted by Crippen LogP contribution is 2.53. The van der Waals surface area contributed by atoms with Crippen molar-refractivity contribution in [1.29, 1.82) is 0 Å². The molecule has 1 N–H and O–H groups in total. The van der Waals surface area contributed by atoms with Crippen LogP contribution in [0, 0.1) is 16.6 Å². The van der Waals surface area contributed by atoms with Gasteiger partial charge in [0, 0.05) is 0 Å². The van der Waals surface area contributed by atoms with Crippen LogP contribution in [-0.2, 0) is 5.60 Å². The molecular weight excluding hydrogens is 227 g/mol. The number of hydrogen-bond acceptors (Lipinski definition) is 1. The van der Waals surface area contributed by atoms with E-state index in [0.29, 0.717) is 0 Å². The minimum atomic E-state index is -0.834. The molecule has 1 nitrogen and oxygen atoms in total. The molecule has 1 aromatic rings. The van der Waals surface area contributed by atoms with Crippen molar-refractivity contribution in [2.24, 2.45) is 10.8 Å². The third-order valence-electron chi connectivity index (χ3n) is 3.88. The zero-order valence-corrected chi connectivity index (χ0v) is 11.8. The number of halogens is 1. The SMILES string of the molecule is CC1(C)CC(C)(C)CC(O)(c2ccc(F)cc2)C1. The van der Waals surface area contributed by atoms with Crippen LogP contribution in [0.1, 0.15) is 52.5 Å². The van der Waals surface area contributed by atoms with Crippen LogP contribution in [0.15, 0.2) is 24.3 Å². The Morgan fingerprint density at radius 3 is 1.78 bits per heavy atom. The van der Waals surface area contributed by atoms with Gasteiger partial charge in [-0.3, -0.25) is 0 Å². The summed E-state index contributed by atoms with van der Waals surface area (Å²) in [6.07, 6.45) is 2.56. The summed E-state index contributed by atoms with van der Waals surface area (Å²) in [4.78, 5) is 0. The highest BCUT2D eigenvalue weighted by Gasteiger charge is 2.47. The van der Waals surface area contributed by atoms with E-state index in [9.17, 15) is 9.50 Å². The summed E-state index contributed by atoms with van der Waals surface area (Å²) in [5.74, 6) is -0.253. The molecule has 0 amide bonds. The van der Waals surface area contributed by atoms with E-state index in [-0.39, 0.29) is 16.6 Å². The molecule has 100 valence electrons. The molecule has 1 fully saturated rings. The lowest BCUT2D eigenvalue weighted by atomic mass is 9.58. The van der Waals surface area contributed by atoms with Crippen molar-refractivity contribution in [3.63, 3.8) is 0 Å². The van der Waals surface area contributed by atoms with E-state index >= 15 is 0 Å². The predicted octanol–water partition coefficient (Wildman–Crippen LogP) is 4.25. The Morgan fingerprint density at radius 1 is 0.889 bits per heavy atom. The third-order valence-corrected chi connectivity index (χ3v) is 3.88. The Morgan fingerprint density at radius 2 is 1.33 bits per heavy atom. The summed E-state index contributed by atoms with van der Waals surface area (Å²) >= 11 is 0. The third kappa shape index (κ3) is 2.74. The Balaban J connectivity index is 2.37. The molecule has 1 aromatic carbocycles. The quantitative estimate of drug-likeness (QED) is 0.790. The lowest BCUT2D eigenvalue weighted by Crippen LogP contribution is -2.44. The molecule has 0 bridgehead atoms. The van der Waals surface area contributed by atoms with E-state index in [2.05, 4.69) is 27.7 Å². The highest BCUT2D eigenvalue weighted by atomic mass is 19.1. The van der Waals surface area contributed by atoms with Gasteiger partial charge in [-0.05, 0) is 47.8 Å². The van der Waals surface area contributed by atoms with Crippen LogP contribution in [0.3, 0.4) is 0 Å². The van der Waals surface area contributed by atoms with Crippen molar-refractivity contribution in [3.05, 3.63) is 35.6 Å². The summed E-state index contributed by atoms with van der Waals surface area (Å²) in [7, 11) is 0. The molecule has 2 heteroatoms. The van der Waals surface area contributed by atoms with Crippen LogP contribution in [0.25, 0.3) is 0 Å². The minimum absolute atomic E-state index is 0.102. The lowest BCUT2D eigenvalue weighted by Gasteiger charge is -2.49. The second-order valence-corrected chi connectivity index (χ2v) is 7.40. The molecule has 1 aliphatic carbocycles. The van der Waals surface area contributed by atoms with Gasteiger partial charge in [-0.15, -0.1) is 0 Å². The van der Waals surface area contributed by atoms with Crippen LogP contribution < -0.4 is 0 Å². The fraction of sp³-hybridized carbons (Fsp3) is 0.625. The van der Waals surface area contributed by atoms with Crippen molar-refractivity contribution in [1.82, 2.24) is 0 Å². The van der Waals surface area contributed by atoms with Gasteiger partial charge in [0.15, 0.2) is 0 Å². The predicted molar refractivity (Wildman–Crippen MR) is 71.7 cm³/mol. The summed E-state index contributed by atoms with van der Waals surface area (Å²) < 4.78 is 13.0. The van der Waals surface area contributed by atoms with Crippen molar-refractivity contribution in [2.75, 3.05) is 0 Å². The zero-order valence-electron chi connectivity index (χ0n) is 11.8. The normalized spacial score (nSPS) is 24.8. The molecule has 0 saturated heterocycles. The van der Waals surface area contributed by atoms with Gasteiger partial charge in [0.2, 0.25) is 0 Å². The summed E-state index contributed by atoms with van der Waals surface area (Å²) in [5.41, 5.74) is 0.207. The highest BCUT2D eigenvalue weighted by molar-refractivity contribution is 5.25. The van der Waals surface area contributed by atoms with Gasteiger partial charge >= 0.3 is 0 Å². The average molecular weight is 250 g/mol. The molecule has 1 aliphatic rings. The summed E-state index contributed by atoms with van der Waals surface area (Å²) in [6.45, 7) is 8.79. The summed E-state index contributed by atoms with van der Waals surface area (Å²) in [5, 5.41) is 11.0. The molecule has 0 aliphatic heterocycles. The second-order valence-electron chi connectivity index (χ2n) is 7.40. The Kier molecular flexibility index (Phi) is 3.05. The van der Waals surface area contributed by atoms with Crippen molar-refractivity contribution < 1.29 is 9.50 Å². The van der Waals surface area contributed by atoms with E-state index in [4.69, 9.17) is 0 Å². The smallest absolute Gasteiger partial charge is 0.123 e. The largest absolute Gasteiger partial charge is 0.385 e. The van der Waals surface area contributed by atoms with E-state index in [1.807, 2.05) is 0 Å². The first-order valence-electron chi connectivity index (χ1n) is 6.61. The van der Waals surface area contributed by atoms with E-state index in [1.165, 1.54) is 12.1 Å². The first kappa shape index (κ1) is 13.5. The fourth-order valence-electron chi connectivity index (χ4n) is 4.03. The number of aliphatic hydroxyl groups is 1. The van der Waals surface area contributed by atoms with Gasteiger partial charge in [-0.2, -0.15) is 0 Å². The fourth-order valence-corrected chi connectivity index (χ4v) is 4.03. The van der Waals surface area contributed by atoms with Crippen LogP contribution in [0.2, 0.25) is 0 Å². The van der Waals surface area contributed by atoms with Gasteiger partial charge in [0.05, 0.1) is 5.60 Å². The van der Waals surface area contributed by atoms with Crippen molar-refractivity contribution >= 4 is 0 Å². The Hall–Kier alpha value is -0.890. The van der Waals surface area contributed by atoms with Gasteiger partial charge in [0.1, 0.15) is 5.82 Å². The standard InChI is InChI=1S/C16H23FO/c1-14(2)9-15(3,4)11-16(18,10-14)12-5-7-13(17)8-6-12/h5-8,18H,9-11H2,1-4H3. The Labute approximate surface area is 109 Å². The molecule has 1 saturated carbocycles. The molecule has 18 heavy (non-hydrogen) atoms. The average Bonchev–Trinajstić information content (AvgIpc) is 2.12. The molecule has 0 radical (unpaired) electrons. The van der Waals surface area contributed by atoms with E-state index < -0.39 is 5.60 Å². The number of benzene rings is 1. The molecule has 0 unspecified atom stereocenters. The van der Waals surface area contributed by atoms with Gasteiger partial charge < -0.3 is 5.11 Å².